The van der Waals surface area contributed by atoms with Crippen LogP contribution in [0.25, 0.3) is 10.9 Å². The number of allylic oxidation sites excluding steroid dienone is 1. The van der Waals surface area contributed by atoms with Crippen molar-refractivity contribution in [1.82, 2.24) is 30.1 Å². The lowest BCUT2D eigenvalue weighted by Gasteiger charge is -2.36. The van der Waals surface area contributed by atoms with Crippen LogP contribution >= 0.6 is 0 Å². The number of rotatable bonds is 5. The molecule has 4 fully saturated rings. The normalized spacial score (nSPS) is 31.4. The molecule has 0 unspecified atom stereocenters. The number of alkyl carbamates (subject to hydrolysis) is 1. The number of para-hydroxylation sites is 1. The minimum Gasteiger partial charge on any atom is -0.483 e. The molecular weight excluding hydrogens is 737 g/mol. The first-order chi connectivity index (χ1) is 26.7. The summed E-state index contributed by atoms with van der Waals surface area (Å²) in [6.07, 6.45) is 10.1. The highest BCUT2D eigenvalue weighted by Crippen LogP contribution is 2.49. The lowest BCUT2D eigenvalue weighted by atomic mass is 9.87. The van der Waals surface area contributed by atoms with Gasteiger partial charge in [-0.15, -0.1) is 0 Å². The Morgan fingerprint density at radius 3 is 2.57 bits per heavy atom. The number of benzene rings is 1. The molecule has 1 aromatic heterocycles. The SMILES string of the molecule is Cc1nc2ccccc2c2c1O[C@]1(CC2)C[C@H]2C(=O)N[C@]3(C(=O)NS(=O)(=O)C4(C)CC4)C[C@H]3/C=C\CCCCC[C@H](NC(=O)OC3CCN(C)CC3)C(=O)N2C1. The van der Waals surface area contributed by atoms with Gasteiger partial charge in [-0.1, -0.05) is 43.2 Å². The summed E-state index contributed by atoms with van der Waals surface area (Å²) in [5.74, 6) is -1.53. The fourth-order valence-electron chi connectivity index (χ4n) is 9.07. The number of carbonyl (C=O) groups excluding carboxylic acids is 4. The highest BCUT2D eigenvalue weighted by molar-refractivity contribution is 7.91. The average Bonchev–Trinajstić information content (AvgIpc) is 4.06. The van der Waals surface area contributed by atoms with Gasteiger partial charge in [-0.2, -0.15) is 0 Å². The van der Waals surface area contributed by atoms with Gasteiger partial charge < -0.3 is 29.9 Å². The lowest BCUT2D eigenvalue weighted by Crippen LogP contribution is -2.58. The number of hydrogen-bond acceptors (Lipinski definition) is 10. The Bertz CT molecular complexity index is 2060. The zero-order valence-corrected chi connectivity index (χ0v) is 33.4. The van der Waals surface area contributed by atoms with Crippen LogP contribution < -0.4 is 20.1 Å². The van der Waals surface area contributed by atoms with E-state index in [1.807, 2.05) is 50.4 Å². The van der Waals surface area contributed by atoms with Crippen LogP contribution in [0.2, 0.25) is 0 Å². The van der Waals surface area contributed by atoms with Crippen molar-refractivity contribution in [3.8, 4) is 5.75 Å². The van der Waals surface area contributed by atoms with E-state index in [9.17, 15) is 27.6 Å². The van der Waals surface area contributed by atoms with Gasteiger partial charge in [0.05, 0.1) is 22.5 Å². The van der Waals surface area contributed by atoms with E-state index in [1.165, 1.54) is 4.90 Å². The largest absolute Gasteiger partial charge is 0.483 e. The molecule has 4 aliphatic heterocycles. The highest BCUT2D eigenvalue weighted by atomic mass is 32.2. The van der Waals surface area contributed by atoms with Crippen molar-refractivity contribution in [1.29, 1.82) is 0 Å². The predicted octanol–water partition coefficient (Wildman–Crippen LogP) is 3.79. The number of nitrogens with one attached hydrogen (secondary N) is 3. The Hall–Kier alpha value is -4.24. The van der Waals surface area contributed by atoms with Crippen LogP contribution in [-0.4, -0.2) is 108 Å². The third kappa shape index (κ3) is 7.36. The van der Waals surface area contributed by atoms with Gasteiger partial charge in [-0.3, -0.25) is 19.1 Å². The zero-order chi connectivity index (χ0) is 39.5. The van der Waals surface area contributed by atoms with Gasteiger partial charge in [0.15, 0.2) is 0 Å². The summed E-state index contributed by atoms with van der Waals surface area (Å²) in [5, 5.41) is 6.84. The minimum atomic E-state index is -3.98. The predicted molar refractivity (Wildman–Crippen MR) is 208 cm³/mol. The van der Waals surface area contributed by atoms with E-state index in [-0.39, 0.29) is 25.5 Å². The van der Waals surface area contributed by atoms with Crippen molar-refractivity contribution >= 4 is 44.7 Å². The van der Waals surface area contributed by atoms with Gasteiger partial charge in [0, 0.05) is 36.4 Å². The molecule has 3 N–H and O–H groups in total. The number of piperidine rings is 1. The van der Waals surface area contributed by atoms with E-state index >= 15 is 0 Å². The van der Waals surface area contributed by atoms with E-state index in [0.717, 1.165) is 42.4 Å². The quantitative estimate of drug-likeness (QED) is 0.378. The maximum Gasteiger partial charge on any atom is 0.408 e. The van der Waals surface area contributed by atoms with Gasteiger partial charge in [-0.05, 0) is 91.2 Å². The number of sulfonamides is 1. The van der Waals surface area contributed by atoms with Gasteiger partial charge in [0.2, 0.25) is 21.8 Å². The number of hydrogen-bond donors (Lipinski definition) is 3. The highest BCUT2D eigenvalue weighted by Gasteiger charge is 2.64. The molecule has 14 nitrogen and oxygen atoms in total. The number of likely N-dealkylation sites (tertiary alicyclic amines) is 1. The second kappa shape index (κ2) is 14.6. The van der Waals surface area contributed by atoms with Crippen molar-refractivity contribution in [3.05, 3.63) is 47.7 Å². The van der Waals surface area contributed by atoms with Crippen LogP contribution in [0.3, 0.4) is 0 Å². The summed E-state index contributed by atoms with van der Waals surface area (Å²) >= 11 is 0. The molecule has 302 valence electrons. The molecule has 0 radical (unpaired) electrons. The van der Waals surface area contributed by atoms with Crippen molar-refractivity contribution in [2.45, 2.75) is 131 Å². The number of carbonyl (C=O) groups is 4. The van der Waals surface area contributed by atoms with E-state index < -0.39 is 67.7 Å². The first kappa shape index (κ1) is 38.6. The van der Waals surface area contributed by atoms with Crippen LogP contribution in [0.1, 0.15) is 95.2 Å². The summed E-state index contributed by atoms with van der Waals surface area (Å²) in [7, 11) is -1.95. The molecule has 2 saturated heterocycles. The second-order valence-electron chi connectivity index (χ2n) is 17.3. The fraction of sp³-hybridized carbons (Fsp3) is 0.634. The summed E-state index contributed by atoms with van der Waals surface area (Å²) in [5.41, 5.74) is 0.164. The maximum absolute atomic E-state index is 14.8. The number of aryl methyl sites for hydroxylation is 2. The second-order valence-corrected chi connectivity index (χ2v) is 19.5. The van der Waals surface area contributed by atoms with Crippen molar-refractivity contribution in [2.24, 2.45) is 5.92 Å². The molecule has 8 rings (SSSR count). The lowest BCUT2D eigenvalue weighted by molar-refractivity contribution is -0.141. The van der Waals surface area contributed by atoms with Crippen LogP contribution in [0.15, 0.2) is 36.4 Å². The number of fused-ring (bicyclic) bond motifs is 5. The van der Waals surface area contributed by atoms with E-state index in [2.05, 4.69) is 20.3 Å². The van der Waals surface area contributed by atoms with Crippen LogP contribution in [0, 0.1) is 12.8 Å². The van der Waals surface area contributed by atoms with Crippen LogP contribution in [0.5, 0.6) is 5.75 Å². The maximum atomic E-state index is 14.8. The van der Waals surface area contributed by atoms with Gasteiger partial charge in [0.1, 0.15) is 35.1 Å². The average molecular weight is 791 g/mol. The molecular formula is C41H54N6O8S. The molecule has 5 heterocycles. The molecule has 2 aromatic rings. The molecule has 15 heteroatoms. The molecule has 4 amide bonds. The smallest absolute Gasteiger partial charge is 0.408 e. The molecule has 1 spiro atoms. The Balaban J connectivity index is 1.11. The van der Waals surface area contributed by atoms with Crippen molar-refractivity contribution < 1.29 is 37.1 Å². The van der Waals surface area contributed by atoms with E-state index in [1.54, 1.807) is 6.92 Å². The molecule has 5 atom stereocenters. The standard InChI is InChI=1S/C41H54N6O8S/c1-26-34-30(29-12-9-10-13-31(29)42-26)15-18-40(55-34)24-33-35(48)44-41(37(50)45-56(52,53)39(2)19-20-39)23-27(41)11-7-5-4-6-8-14-32(36(49)47(33)25-40)43-38(51)54-28-16-21-46(3)22-17-28/h7,9-13,27-28,32-33H,4-6,8,14-25H2,1-3H3,(H,43,51)(H,44,48)(H,45,50)/b11-7-/t27-,32+,33+,40-,41-/m1/s1. The topological polar surface area (TPSA) is 176 Å². The van der Waals surface area contributed by atoms with Gasteiger partial charge in [-0.25, -0.2) is 18.2 Å². The number of ether oxygens (including phenoxy) is 2. The molecule has 2 saturated carbocycles. The number of pyridine rings is 1. The first-order valence-electron chi connectivity index (χ1n) is 20.3. The van der Waals surface area contributed by atoms with Crippen LogP contribution in [-0.2, 0) is 35.6 Å². The Morgan fingerprint density at radius 1 is 1.04 bits per heavy atom. The number of aromatic nitrogens is 1. The Labute approximate surface area is 328 Å². The van der Waals surface area contributed by atoms with E-state index in [4.69, 9.17) is 14.5 Å². The number of amides is 4. The summed E-state index contributed by atoms with van der Waals surface area (Å²) in [6.45, 7) is 5.19. The van der Waals surface area contributed by atoms with Gasteiger partial charge in [0.25, 0.3) is 5.91 Å². The third-order valence-electron chi connectivity index (χ3n) is 13.1. The van der Waals surface area contributed by atoms with Crippen molar-refractivity contribution in [3.63, 3.8) is 0 Å². The minimum absolute atomic E-state index is 0.0765. The number of nitrogens with zero attached hydrogens (tertiary/aromatic N) is 3. The first-order valence-corrected chi connectivity index (χ1v) is 21.8. The zero-order valence-electron chi connectivity index (χ0n) is 32.6. The summed E-state index contributed by atoms with van der Waals surface area (Å²) in [6, 6.07) is 5.88. The molecule has 1 aromatic carbocycles. The third-order valence-corrected chi connectivity index (χ3v) is 15.3. The summed E-state index contributed by atoms with van der Waals surface area (Å²) in [4.78, 5) is 65.4. The fourth-order valence-corrected chi connectivity index (χ4v) is 10.4. The molecule has 6 aliphatic rings. The van der Waals surface area contributed by atoms with E-state index in [0.29, 0.717) is 69.2 Å². The summed E-state index contributed by atoms with van der Waals surface area (Å²) < 4.78 is 40.4. The molecule has 2 aliphatic carbocycles. The Kier molecular flexibility index (Phi) is 10.1. The molecule has 0 bridgehead atoms. The molecule has 56 heavy (non-hydrogen) atoms. The Morgan fingerprint density at radius 2 is 1.80 bits per heavy atom. The van der Waals surface area contributed by atoms with Crippen LogP contribution in [0.4, 0.5) is 4.79 Å². The van der Waals surface area contributed by atoms with Crippen molar-refractivity contribution in [2.75, 3.05) is 26.7 Å². The monoisotopic (exact) mass is 790 g/mol. The van der Waals surface area contributed by atoms with Gasteiger partial charge >= 0.3 is 6.09 Å².